The van der Waals surface area contributed by atoms with Gasteiger partial charge in [0.25, 0.3) is 5.56 Å². The first kappa shape index (κ1) is 15.6. The molecular weight excluding hydrogens is 308 g/mol. The molecule has 24 heavy (non-hydrogen) atoms. The summed E-state index contributed by atoms with van der Waals surface area (Å²) in [5, 5.41) is 13.6. The van der Waals surface area contributed by atoms with E-state index in [0.29, 0.717) is 12.2 Å². The highest BCUT2D eigenvalue weighted by Gasteiger charge is 2.22. The van der Waals surface area contributed by atoms with Crippen LogP contribution in [0.15, 0.2) is 41.5 Å². The van der Waals surface area contributed by atoms with E-state index < -0.39 is 5.56 Å². The minimum Gasteiger partial charge on any atom is -0.319 e. The van der Waals surface area contributed by atoms with E-state index in [1.165, 1.54) is 17.9 Å². The molecule has 0 atom stereocenters. The Hall–Kier alpha value is -3.29. The van der Waals surface area contributed by atoms with Crippen molar-refractivity contribution >= 4 is 17.4 Å². The second-order valence-corrected chi connectivity index (χ2v) is 5.10. The van der Waals surface area contributed by atoms with Crippen LogP contribution in [0, 0.1) is 0 Å². The van der Waals surface area contributed by atoms with Gasteiger partial charge in [0.05, 0.1) is 5.56 Å². The highest BCUT2D eigenvalue weighted by atomic mass is 16.1. The van der Waals surface area contributed by atoms with Crippen LogP contribution in [0.25, 0.3) is 11.3 Å². The van der Waals surface area contributed by atoms with Gasteiger partial charge in [-0.1, -0.05) is 30.3 Å². The van der Waals surface area contributed by atoms with Gasteiger partial charge in [-0.2, -0.15) is 15.2 Å². The van der Waals surface area contributed by atoms with Crippen molar-refractivity contribution in [1.82, 2.24) is 25.0 Å². The van der Waals surface area contributed by atoms with E-state index in [0.717, 1.165) is 5.56 Å². The molecule has 0 aliphatic heterocycles. The standard InChI is InChI=1S/C16H16N6O2/c1-3-22-15(24)14(19-16-17-9-18-20-16)12(10(2)23)13(21-22)11-7-5-4-6-8-11/h4-9H,3H2,1-2H3,(H2,17,18,19,20). The third-order valence-corrected chi connectivity index (χ3v) is 3.51. The number of benzene rings is 1. The molecule has 0 aliphatic rings. The van der Waals surface area contributed by atoms with Gasteiger partial charge in [0, 0.05) is 12.1 Å². The number of hydrogen-bond donors (Lipinski definition) is 2. The fourth-order valence-electron chi connectivity index (χ4n) is 2.43. The van der Waals surface area contributed by atoms with E-state index in [9.17, 15) is 9.59 Å². The Morgan fingerprint density at radius 2 is 2.04 bits per heavy atom. The molecule has 2 heterocycles. The zero-order valence-corrected chi connectivity index (χ0v) is 13.3. The fourth-order valence-corrected chi connectivity index (χ4v) is 2.43. The number of aromatic nitrogens is 5. The number of nitrogens with zero attached hydrogens (tertiary/aromatic N) is 4. The van der Waals surface area contributed by atoms with E-state index in [1.807, 2.05) is 37.3 Å². The van der Waals surface area contributed by atoms with Crippen LogP contribution in [-0.4, -0.2) is 30.7 Å². The van der Waals surface area contributed by atoms with Crippen molar-refractivity contribution in [1.29, 1.82) is 0 Å². The maximum absolute atomic E-state index is 12.7. The molecule has 1 aromatic carbocycles. The normalized spacial score (nSPS) is 10.6. The highest BCUT2D eigenvalue weighted by Crippen LogP contribution is 2.26. The van der Waals surface area contributed by atoms with Crippen molar-refractivity contribution < 1.29 is 4.79 Å². The minimum absolute atomic E-state index is 0.134. The van der Waals surface area contributed by atoms with Gasteiger partial charge in [0.1, 0.15) is 17.7 Å². The Balaban J connectivity index is 2.29. The molecule has 8 heteroatoms. The number of ketones is 1. The molecule has 0 radical (unpaired) electrons. The fraction of sp³-hybridized carbons (Fsp3) is 0.188. The molecule has 8 nitrogen and oxygen atoms in total. The Bertz CT molecular complexity index is 916. The van der Waals surface area contributed by atoms with Crippen molar-refractivity contribution in [3.63, 3.8) is 0 Å². The molecule has 0 amide bonds. The second kappa shape index (κ2) is 6.45. The summed E-state index contributed by atoms with van der Waals surface area (Å²) in [5.41, 5.74) is 1.18. The summed E-state index contributed by atoms with van der Waals surface area (Å²) in [6.07, 6.45) is 1.31. The predicted octanol–water partition coefficient (Wildman–Crippen LogP) is 1.99. The van der Waals surface area contributed by atoms with Gasteiger partial charge in [0.2, 0.25) is 5.95 Å². The van der Waals surface area contributed by atoms with Crippen LogP contribution in [0.1, 0.15) is 24.2 Å². The molecule has 122 valence electrons. The number of carbonyl (C=O) groups excluding carboxylic acids is 1. The van der Waals surface area contributed by atoms with Gasteiger partial charge in [-0.25, -0.2) is 9.78 Å². The molecule has 0 saturated carbocycles. The van der Waals surface area contributed by atoms with Gasteiger partial charge < -0.3 is 5.32 Å². The number of hydrogen-bond acceptors (Lipinski definition) is 6. The maximum Gasteiger partial charge on any atom is 0.291 e. The maximum atomic E-state index is 12.7. The molecule has 0 fully saturated rings. The van der Waals surface area contributed by atoms with Gasteiger partial charge in [-0.15, -0.1) is 0 Å². The van der Waals surface area contributed by atoms with E-state index in [1.54, 1.807) is 0 Å². The van der Waals surface area contributed by atoms with Crippen molar-refractivity contribution in [2.45, 2.75) is 20.4 Å². The van der Waals surface area contributed by atoms with Crippen molar-refractivity contribution in [2.24, 2.45) is 0 Å². The van der Waals surface area contributed by atoms with Gasteiger partial charge in [-0.05, 0) is 13.8 Å². The second-order valence-electron chi connectivity index (χ2n) is 5.10. The summed E-state index contributed by atoms with van der Waals surface area (Å²) in [4.78, 5) is 28.9. The molecule has 2 aromatic heterocycles. The first-order chi connectivity index (χ1) is 11.6. The number of H-pyrrole nitrogens is 1. The lowest BCUT2D eigenvalue weighted by Crippen LogP contribution is -2.28. The summed E-state index contributed by atoms with van der Waals surface area (Å²) < 4.78 is 1.31. The summed E-state index contributed by atoms with van der Waals surface area (Å²) in [6, 6.07) is 9.27. The smallest absolute Gasteiger partial charge is 0.291 e. The largest absolute Gasteiger partial charge is 0.319 e. The van der Waals surface area contributed by atoms with E-state index >= 15 is 0 Å². The highest BCUT2D eigenvalue weighted by molar-refractivity contribution is 6.05. The van der Waals surface area contributed by atoms with Crippen LogP contribution >= 0.6 is 0 Å². The van der Waals surface area contributed by atoms with Crippen LogP contribution in [0.5, 0.6) is 0 Å². The molecule has 0 bridgehead atoms. The summed E-state index contributed by atoms with van der Waals surface area (Å²) in [7, 11) is 0. The third-order valence-electron chi connectivity index (χ3n) is 3.51. The zero-order valence-electron chi connectivity index (χ0n) is 13.3. The van der Waals surface area contributed by atoms with E-state index in [-0.39, 0.29) is 23.0 Å². The Kier molecular flexibility index (Phi) is 4.19. The van der Waals surface area contributed by atoms with Gasteiger partial charge >= 0.3 is 0 Å². The number of aromatic amines is 1. The van der Waals surface area contributed by atoms with Crippen LogP contribution in [0.4, 0.5) is 11.6 Å². The van der Waals surface area contributed by atoms with Crippen molar-refractivity contribution in [3.05, 3.63) is 52.6 Å². The van der Waals surface area contributed by atoms with Crippen molar-refractivity contribution in [3.8, 4) is 11.3 Å². The number of carbonyl (C=O) groups is 1. The zero-order chi connectivity index (χ0) is 17.1. The number of anilines is 2. The topological polar surface area (TPSA) is 106 Å². The van der Waals surface area contributed by atoms with Crippen LogP contribution in [-0.2, 0) is 6.54 Å². The van der Waals surface area contributed by atoms with E-state index in [4.69, 9.17) is 0 Å². The monoisotopic (exact) mass is 324 g/mol. The van der Waals surface area contributed by atoms with Gasteiger partial charge in [-0.3, -0.25) is 9.59 Å². The Morgan fingerprint density at radius 1 is 1.29 bits per heavy atom. The molecule has 0 aliphatic carbocycles. The number of nitrogens with one attached hydrogen (secondary N) is 2. The molecule has 3 aromatic rings. The molecule has 0 saturated heterocycles. The summed E-state index contributed by atoms with van der Waals surface area (Å²) in [5.74, 6) is 0.0196. The molecule has 0 spiro atoms. The lowest BCUT2D eigenvalue weighted by Gasteiger charge is -2.14. The summed E-state index contributed by atoms with van der Waals surface area (Å²) in [6.45, 7) is 3.60. The number of rotatable bonds is 5. The quantitative estimate of drug-likeness (QED) is 0.695. The van der Waals surface area contributed by atoms with E-state index in [2.05, 4.69) is 25.6 Å². The molecule has 3 rings (SSSR count). The minimum atomic E-state index is -0.390. The third kappa shape index (κ3) is 2.81. The molecular formula is C16H16N6O2. The Morgan fingerprint density at radius 3 is 2.62 bits per heavy atom. The van der Waals surface area contributed by atoms with Gasteiger partial charge in [0.15, 0.2) is 5.78 Å². The lowest BCUT2D eigenvalue weighted by molar-refractivity contribution is 0.101. The molecule has 0 unspecified atom stereocenters. The predicted molar refractivity (Wildman–Crippen MR) is 89.3 cm³/mol. The van der Waals surface area contributed by atoms with Crippen molar-refractivity contribution in [2.75, 3.05) is 5.32 Å². The average molecular weight is 324 g/mol. The Labute approximate surface area is 137 Å². The summed E-state index contributed by atoms with van der Waals surface area (Å²) >= 11 is 0. The van der Waals surface area contributed by atoms with Crippen LogP contribution < -0.4 is 10.9 Å². The number of Topliss-reactive ketones (excluding diaryl/α,β-unsaturated/α-hetero) is 1. The lowest BCUT2D eigenvalue weighted by atomic mass is 10.0. The van der Waals surface area contributed by atoms with Crippen LogP contribution in [0.3, 0.4) is 0 Å². The molecule has 2 N–H and O–H groups in total. The first-order valence-electron chi connectivity index (χ1n) is 7.45. The average Bonchev–Trinajstić information content (AvgIpc) is 3.10. The van der Waals surface area contributed by atoms with Crippen LogP contribution in [0.2, 0.25) is 0 Å². The first-order valence-corrected chi connectivity index (χ1v) is 7.45. The number of aryl methyl sites for hydroxylation is 1. The SMILES string of the molecule is CCn1nc(-c2ccccc2)c(C(C)=O)c(Nc2ncn[nH]2)c1=O.